The van der Waals surface area contributed by atoms with Crippen LogP contribution in [0.2, 0.25) is 0 Å². The molecular weight excluding hydrogens is 346 g/mol. The van der Waals surface area contributed by atoms with Crippen LogP contribution in [0.25, 0.3) is 11.4 Å². The van der Waals surface area contributed by atoms with Gasteiger partial charge in [-0.05, 0) is 35.8 Å². The number of benzene rings is 1. The summed E-state index contributed by atoms with van der Waals surface area (Å²) in [5, 5.41) is 0. The number of nitrogens with one attached hydrogen (secondary N) is 1. The Kier molecular flexibility index (Phi) is 5.37. The van der Waals surface area contributed by atoms with Crippen LogP contribution >= 0.6 is 0 Å². The third-order valence-electron chi connectivity index (χ3n) is 4.22. The molecule has 8 heteroatoms. The zero-order valence-electron chi connectivity index (χ0n) is 15.4. The summed E-state index contributed by atoms with van der Waals surface area (Å²) in [5.74, 6) is 6.85. The topological polar surface area (TPSA) is 104 Å². The number of rotatable bonds is 4. The first kappa shape index (κ1) is 18.4. The molecule has 2 aromatic rings. The van der Waals surface area contributed by atoms with E-state index in [0.29, 0.717) is 22.9 Å². The van der Waals surface area contributed by atoms with Crippen molar-refractivity contribution in [3.8, 4) is 22.9 Å². The average Bonchev–Trinajstić information content (AvgIpc) is 3.36. The predicted octanol–water partition coefficient (Wildman–Crippen LogP) is 1.96. The number of hydrogen-bond donors (Lipinski definition) is 2. The average molecular weight is 367 g/mol. The molecule has 2 aliphatic rings. The van der Waals surface area contributed by atoms with Crippen LogP contribution in [0.5, 0.6) is 11.5 Å². The Labute approximate surface area is 156 Å². The molecular formula is C19H21N5O3. The van der Waals surface area contributed by atoms with E-state index in [1.807, 2.05) is 0 Å². The van der Waals surface area contributed by atoms with E-state index in [1.54, 1.807) is 32.4 Å². The summed E-state index contributed by atoms with van der Waals surface area (Å²) in [7, 11) is 4.66. The highest BCUT2D eigenvalue weighted by atomic mass is 16.5. The second-order valence-corrected chi connectivity index (χ2v) is 5.92. The first-order chi connectivity index (χ1) is 13.0. The maximum absolute atomic E-state index is 11.7. The van der Waals surface area contributed by atoms with Crippen molar-refractivity contribution in [2.75, 3.05) is 19.6 Å². The zero-order valence-corrected chi connectivity index (χ0v) is 15.4. The molecule has 1 aromatic carbocycles. The second kappa shape index (κ2) is 7.88. The lowest BCUT2D eigenvalue weighted by molar-refractivity contribution is 0.355. The van der Waals surface area contributed by atoms with Crippen LogP contribution in [0.15, 0.2) is 58.4 Å². The van der Waals surface area contributed by atoms with Gasteiger partial charge in [0, 0.05) is 12.6 Å². The molecule has 4 rings (SSSR count). The van der Waals surface area contributed by atoms with Crippen molar-refractivity contribution in [3.05, 3.63) is 64.1 Å². The highest BCUT2D eigenvalue weighted by Gasteiger charge is 2.12. The Hall–Kier alpha value is -3.39. The van der Waals surface area contributed by atoms with Gasteiger partial charge in [-0.2, -0.15) is 9.97 Å². The number of allylic oxidation sites excluding steroid dienone is 6. The standard InChI is InChI=1S/C12H15N5O3.C7H6/c1-17-10(14-11(16-13)15-12(17)18)7-4-5-8(19-2)9(6-7)20-3;1-2-7-4-3-6(1)5-7/h4-6H,13H2,1-3H3,(H,15,16,18);1-4H,5H2. The number of hydrazine groups is 1. The minimum absolute atomic E-state index is 0.0536. The van der Waals surface area contributed by atoms with E-state index < -0.39 is 5.69 Å². The van der Waals surface area contributed by atoms with E-state index in [1.165, 1.54) is 29.2 Å². The van der Waals surface area contributed by atoms with Crippen LogP contribution in [0, 0.1) is 0 Å². The van der Waals surface area contributed by atoms with Crippen molar-refractivity contribution in [2.24, 2.45) is 12.9 Å². The van der Waals surface area contributed by atoms with Gasteiger partial charge in [0.05, 0.1) is 14.2 Å². The van der Waals surface area contributed by atoms with Crippen molar-refractivity contribution in [2.45, 2.75) is 6.42 Å². The summed E-state index contributed by atoms with van der Waals surface area (Å²) < 4.78 is 11.7. The molecule has 0 amide bonds. The van der Waals surface area contributed by atoms with Crippen LogP contribution < -0.4 is 26.4 Å². The van der Waals surface area contributed by atoms with Gasteiger partial charge in [0.15, 0.2) is 11.5 Å². The number of nitrogen functional groups attached to an aromatic ring is 1. The lowest BCUT2D eigenvalue weighted by atomic mass is 10.2. The lowest BCUT2D eigenvalue weighted by Crippen LogP contribution is -2.26. The maximum Gasteiger partial charge on any atom is 0.352 e. The van der Waals surface area contributed by atoms with Gasteiger partial charge in [-0.1, -0.05) is 24.3 Å². The van der Waals surface area contributed by atoms with Gasteiger partial charge in [0.2, 0.25) is 5.95 Å². The molecule has 3 N–H and O–H groups in total. The highest BCUT2D eigenvalue weighted by molar-refractivity contribution is 5.62. The van der Waals surface area contributed by atoms with Gasteiger partial charge in [-0.15, -0.1) is 0 Å². The molecule has 1 aromatic heterocycles. The smallest absolute Gasteiger partial charge is 0.352 e. The Bertz CT molecular complexity index is 985. The van der Waals surface area contributed by atoms with E-state index in [2.05, 4.69) is 39.7 Å². The summed E-state index contributed by atoms with van der Waals surface area (Å²) >= 11 is 0. The first-order valence-electron chi connectivity index (χ1n) is 8.27. The largest absolute Gasteiger partial charge is 0.493 e. The van der Waals surface area contributed by atoms with E-state index in [-0.39, 0.29) is 5.95 Å². The van der Waals surface area contributed by atoms with Crippen LogP contribution in [0.3, 0.4) is 0 Å². The number of nitrogens with zero attached hydrogens (tertiary/aromatic N) is 3. The Morgan fingerprint density at radius 3 is 2.22 bits per heavy atom. The van der Waals surface area contributed by atoms with Crippen molar-refractivity contribution < 1.29 is 9.47 Å². The fourth-order valence-corrected chi connectivity index (χ4v) is 2.77. The molecule has 0 unspecified atom stereocenters. The van der Waals surface area contributed by atoms with Crippen molar-refractivity contribution in [1.82, 2.24) is 14.5 Å². The second-order valence-electron chi connectivity index (χ2n) is 5.92. The summed E-state index contributed by atoms with van der Waals surface area (Å²) in [6.45, 7) is 0. The van der Waals surface area contributed by atoms with Gasteiger partial charge in [-0.25, -0.2) is 10.6 Å². The summed E-state index contributed by atoms with van der Waals surface area (Å²) in [5.41, 5.74) is 5.42. The lowest BCUT2D eigenvalue weighted by Gasteiger charge is -2.11. The molecule has 27 heavy (non-hydrogen) atoms. The number of fused-ring (bicyclic) bond motifs is 2. The van der Waals surface area contributed by atoms with Crippen LogP contribution in [-0.4, -0.2) is 28.8 Å². The molecule has 1 heterocycles. The SMILES string of the molecule is C1=CC2=CC=C1C2.COc1ccc(-c2nc(NN)nc(=O)n2C)cc1OC. The number of hydrogen-bond acceptors (Lipinski definition) is 7. The molecule has 2 aliphatic carbocycles. The molecule has 0 saturated heterocycles. The number of nitrogens with two attached hydrogens (primary N) is 1. The predicted molar refractivity (Wildman–Crippen MR) is 104 cm³/mol. The molecule has 2 bridgehead atoms. The van der Waals surface area contributed by atoms with Gasteiger partial charge in [-0.3, -0.25) is 9.99 Å². The number of ether oxygens (including phenoxy) is 2. The first-order valence-corrected chi connectivity index (χ1v) is 8.27. The minimum atomic E-state index is -0.460. The normalized spacial score (nSPS) is 13.5. The molecule has 0 atom stereocenters. The van der Waals surface area contributed by atoms with Crippen LogP contribution in [-0.2, 0) is 7.05 Å². The molecule has 0 fully saturated rings. The Morgan fingerprint density at radius 1 is 1.07 bits per heavy atom. The van der Waals surface area contributed by atoms with E-state index in [4.69, 9.17) is 15.3 Å². The number of aromatic nitrogens is 3. The van der Waals surface area contributed by atoms with Gasteiger partial charge in [0.25, 0.3) is 0 Å². The summed E-state index contributed by atoms with van der Waals surface area (Å²) in [6, 6.07) is 5.22. The molecule has 0 spiro atoms. The molecule has 140 valence electrons. The van der Waals surface area contributed by atoms with Crippen molar-refractivity contribution >= 4 is 5.95 Å². The molecule has 0 aliphatic heterocycles. The molecule has 8 nitrogen and oxygen atoms in total. The van der Waals surface area contributed by atoms with E-state index in [0.717, 1.165) is 0 Å². The third kappa shape index (κ3) is 3.90. The van der Waals surface area contributed by atoms with Gasteiger partial charge >= 0.3 is 5.69 Å². The monoisotopic (exact) mass is 367 g/mol. The van der Waals surface area contributed by atoms with Gasteiger partial charge < -0.3 is 9.47 Å². The third-order valence-corrected chi connectivity index (χ3v) is 4.22. The van der Waals surface area contributed by atoms with Crippen LogP contribution in [0.4, 0.5) is 5.95 Å². The maximum atomic E-state index is 11.7. The van der Waals surface area contributed by atoms with Crippen molar-refractivity contribution in [1.29, 1.82) is 0 Å². The summed E-state index contributed by atoms with van der Waals surface area (Å²) in [6.07, 6.45) is 9.90. The van der Waals surface area contributed by atoms with E-state index in [9.17, 15) is 4.79 Å². The Morgan fingerprint density at radius 2 is 1.74 bits per heavy atom. The van der Waals surface area contributed by atoms with Crippen LogP contribution in [0.1, 0.15) is 6.42 Å². The zero-order chi connectivity index (χ0) is 19.4. The molecule has 0 saturated carbocycles. The summed E-state index contributed by atoms with van der Waals surface area (Å²) in [4.78, 5) is 19.6. The fourth-order valence-electron chi connectivity index (χ4n) is 2.77. The van der Waals surface area contributed by atoms with E-state index >= 15 is 0 Å². The fraction of sp³-hybridized carbons (Fsp3) is 0.211. The molecule has 0 radical (unpaired) electrons. The number of anilines is 1. The quantitative estimate of drug-likeness (QED) is 0.629. The van der Waals surface area contributed by atoms with Gasteiger partial charge in [0.1, 0.15) is 5.82 Å². The minimum Gasteiger partial charge on any atom is -0.493 e. The van der Waals surface area contributed by atoms with Crippen molar-refractivity contribution in [3.63, 3.8) is 0 Å². The Balaban J connectivity index is 0.000000246. The highest BCUT2D eigenvalue weighted by Crippen LogP contribution is 2.31. The number of methoxy groups -OCH3 is 2.